The molecule has 2 aromatic heterocycles. The fraction of sp³-hybridized carbons (Fsp3) is 0.308. The maximum atomic E-state index is 13.5. The fourth-order valence-corrected chi connectivity index (χ4v) is 3.89. The lowest BCUT2D eigenvalue weighted by Crippen LogP contribution is -2.25. The quantitative estimate of drug-likeness (QED) is 0.207. The Labute approximate surface area is 232 Å². The topological polar surface area (TPSA) is 69.0 Å². The summed E-state index contributed by atoms with van der Waals surface area (Å²) in [4.78, 5) is 5.76. The third kappa shape index (κ3) is 7.28. The van der Waals surface area contributed by atoms with Crippen molar-refractivity contribution in [1.29, 1.82) is 0 Å². The Hall–Kier alpha value is -4.37. The highest BCUT2D eigenvalue weighted by atomic mass is 19.4. The smallest absolute Gasteiger partial charge is 0.433 e. The molecule has 0 atom stereocenters. The normalized spacial score (nSPS) is 12.5. The minimum absolute atomic E-state index is 0.00960. The van der Waals surface area contributed by atoms with E-state index in [-0.39, 0.29) is 23.3 Å². The Morgan fingerprint density at radius 3 is 1.98 bits per heavy atom. The standard InChI is InChI=1S/C26H21F9N6O/c1-14-4-5-15(2)20(8-14)42-22-17(6-7-21(36-22)26(33,34)35)13-41(23-37-39-40(3)38-23)12-16-9-18(24(27,28)29)11-19(10-16)25(30,31)32/h4-11H,12-13H2,1-3H3. The summed E-state index contributed by atoms with van der Waals surface area (Å²) in [6.45, 7) is 2.36. The van der Waals surface area contributed by atoms with Crippen molar-refractivity contribution < 1.29 is 44.3 Å². The van der Waals surface area contributed by atoms with Crippen LogP contribution in [-0.2, 0) is 38.7 Å². The van der Waals surface area contributed by atoms with Crippen molar-refractivity contribution in [1.82, 2.24) is 25.2 Å². The average Bonchev–Trinajstić information content (AvgIpc) is 3.31. The summed E-state index contributed by atoms with van der Waals surface area (Å²) < 4.78 is 127. The average molecular weight is 604 g/mol. The molecule has 224 valence electrons. The maximum Gasteiger partial charge on any atom is 0.433 e. The van der Waals surface area contributed by atoms with Crippen LogP contribution in [0.4, 0.5) is 45.5 Å². The third-order valence-corrected chi connectivity index (χ3v) is 5.94. The molecular weight excluding hydrogens is 583 g/mol. The van der Waals surface area contributed by atoms with E-state index in [0.29, 0.717) is 23.8 Å². The molecule has 7 nitrogen and oxygen atoms in total. The summed E-state index contributed by atoms with van der Waals surface area (Å²) in [6.07, 6.45) is -15.0. The van der Waals surface area contributed by atoms with E-state index in [9.17, 15) is 39.5 Å². The number of pyridine rings is 1. The Bertz CT molecular complexity index is 1550. The van der Waals surface area contributed by atoms with Crippen molar-refractivity contribution in [2.75, 3.05) is 4.90 Å². The Morgan fingerprint density at radius 2 is 1.43 bits per heavy atom. The number of nitrogens with zero attached hydrogens (tertiary/aromatic N) is 6. The van der Waals surface area contributed by atoms with E-state index < -0.39 is 59.9 Å². The van der Waals surface area contributed by atoms with Crippen LogP contribution >= 0.6 is 0 Å². The summed E-state index contributed by atoms with van der Waals surface area (Å²) in [5.41, 5.74) is -3.44. The highest BCUT2D eigenvalue weighted by Crippen LogP contribution is 2.38. The Kier molecular flexibility index (Phi) is 8.11. The predicted octanol–water partition coefficient (Wildman–Crippen LogP) is 7.28. The van der Waals surface area contributed by atoms with Crippen LogP contribution in [0.5, 0.6) is 11.6 Å². The van der Waals surface area contributed by atoms with Crippen LogP contribution in [0.25, 0.3) is 0 Å². The first-order valence-electron chi connectivity index (χ1n) is 12.0. The SMILES string of the molecule is Cc1ccc(C)c(Oc2nc(C(F)(F)F)ccc2CN(Cc2cc(C(F)(F)F)cc(C(F)(F)F)c2)c2nnn(C)n2)c1. The maximum absolute atomic E-state index is 13.5. The van der Waals surface area contributed by atoms with Crippen molar-refractivity contribution in [2.24, 2.45) is 7.05 Å². The number of benzene rings is 2. The molecular formula is C26H21F9N6O. The van der Waals surface area contributed by atoms with Crippen LogP contribution in [0, 0.1) is 13.8 Å². The number of hydrogen-bond donors (Lipinski definition) is 0. The van der Waals surface area contributed by atoms with Gasteiger partial charge in [-0.05, 0) is 72.1 Å². The molecule has 0 unspecified atom stereocenters. The van der Waals surface area contributed by atoms with Gasteiger partial charge in [0.15, 0.2) is 0 Å². The molecule has 0 N–H and O–H groups in total. The van der Waals surface area contributed by atoms with Crippen molar-refractivity contribution in [3.05, 3.63) is 87.6 Å². The summed E-state index contributed by atoms with van der Waals surface area (Å²) >= 11 is 0. The number of aryl methyl sites for hydroxylation is 3. The molecule has 16 heteroatoms. The third-order valence-electron chi connectivity index (χ3n) is 5.94. The van der Waals surface area contributed by atoms with Gasteiger partial charge in [0, 0.05) is 12.1 Å². The molecule has 0 aliphatic carbocycles. The number of aromatic nitrogens is 5. The van der Waals surface area contributed by atoms with Crippen LogP contribution in [0.2, 0.25) is 0 Å². The molecule has 0 amide bonds. The number of alkyl halides is 9. The van der Waals surface area contributed by atoms with Crippen molar-refractivity contribution in [2.45, 2.75) is 45.5 Å². The van der Waals surface area contributed by atoms with E-state index in [2.05, 4.69) is 20.4 Å². The lowest BCUT2D eigenvalue weighted by molar-refractivity contribution is -0.143. The van der Waals surface area contributed by atoms with E-state index >= 15 is 0 Å². The second-order valence-electron chi connectivity index (χ2n) is 9.38. The molecule has 4 rings (SSSR count). The zero-order valence-corrected chi connectivity index (χ0v) is 22.0. The molecule has 2 aromatic carbocycles. The zero-order chi connectivity index (χ0) is 31.0. The summed E-state index contributed by atoms with van der Waals surface area (Å²) in [5.74, 6) is -0.506. The van der Waals surface area contributed by atoms with E-state index in [1.54, 1.807) is 32.0 Å². The van der Waals surface area contributed by atoms with Gasteiger partial charge in [-0.1, -0.05) is 17.2 Å². The van der Waals surface area contributed by atoms with Crippen LogP contribution in [0.1, 0.15) is 39.1 Å². The first kappa shape index (κ1) is 30.6. The van der Waals surface area contributed by atoms with Gasteiger partial charge in [-0.15, -0.1) is 5.10 Å². The summed E-state index contributed by atoms with van der Waals surface area (Å²) in [6, 6.07) is 7.81. The highest BCUT2D eigenvalue weighted by Gasteiger charge is 2.37. The van der Waals surface area contributed by atoms with Crippen LogP contribution in [0.3, 0.4) is 0 Å². The van der Waals surface area contributed by atoms with Crippen LogP contribution < -0.4 is 9.64 Å². The van der Waals surface area contributed by atoms with E-state index in [0.717, 1.165) is 21.3 Å². The molecule has 0 saturated heterocycles. The van der Waals surface area contributed by atoms with Gasteiger partial charge in [-0.2, -0.15) is 44.3 Å². The van der Waals surface area contributed by atoms with E-state index in [1.807, 2.05) is 0 Å². The number of hydrogen-bond acceptors (Lipinski definition) is 6. The largest absolute Gasteiger partial charge is 0.438 e. The number of ether oxygens (including phenoxy) is 1. The number of rotatable bonds is 7. The Morgan fingerprint density at radius 1 is 0.786 bits per heavy atom. The zero-order valence-electron chi connectivity index (χ0n) is 22.0. The molecule has 0 fully saturated rings. The molecule has 0 radical (unpaired) electrons. The second-order valence-corrected chi connectivity index (χ2v) is 9.38. The van der Waals surface area contributed by atoms with Gasteiger partial charge in [0.1, 0.15) is 11.4 Å². The number of halogens is 9. The summed E-state index contributed by atoms with van der Waals surface area (Å²) in [5, 5.41) is 11.4. The molecule has 0 saturated carbocycles. The first-order chi connectivity index (χ1) is 19.4. The van der Waals surface area contributed by atoms with Gasteiger partial charge >= 0.3 is 18.5 Å². The van der Waals surface area contributed by atoms with Gasteiger partial charge in [0.05, 0.1) is 24.7 Å². The second kappa shape index (κ2) is 11.1. The van der Waals surface area contributed by atoms with Crippen LogP contribution in [-0.4, -0.2) is 25.2 Å². The lowest BCUT2D eigenvalue weighted by atomic mass is 10.0. The Balaban J connectivity index is 1.80. The molecule has 0 aliphatic heterocycles. The van der Waals surface area contributed by atoms with E-state index in [1.165, 1.54) is 7.05 Å². The number of anilines is 1. The lowest BCUT2D eigenvalue weighted by Gasteiger charge is -2.24. The van der Waals surface area contributed by atoms with Gasteiger partial charge in [0.25, 0.3) is 5.95 Å². The van der Waals surface area contributed by atoms with Crippen LogP contribution in [0.15, 0.2) is 48.5 Å². The summed E-state index contributed by atoms with van der Waals surface area (Å²) in [7, 11) is 1.37. The van der Waals surface area contributed by atoms with Gasteiger partial charge in [-0.3, -0.25) is 0 Å². The van der Waals surface area contributed by atoms with Crippen molar-refractivity contribution >= 4 is 5.95 Å². The monoisotopic (exact) mass is 604 g/mol. The molecule has 0 aliphatic rings. The van der Waals surface area contributed by atoms with Gasteiger partial charge in [0.2, 0.25) is 5.88 Å². The molecule has 4 aromatic rings. The molecule has 0 spiro atoms. The highest BCUT2D eigenvalue weighted by molar-refractivity contribution is 5.43. The fourth-order valence-electron chi connectivity index (χ4n) is 3.89. The van der Waals surface area contributed by atoms with Crippen molar-refractivity contribution in [3.63, 3.8) is 0 Å². The number of tetrazole rings is 1. The van der Waals surface area contributed by atoms with E-state index in [4.69, 9.17) is 4.74 Å². The van der Waals surface area contributed by atoms with Gasteiger partial charge in [-0.25, -0.2) is 4.98 Å². The van der Waals surface area contributed by atoms with Gasteiger partial charge < -0.3 is 9.64 Å². The molecule has 42 heavy (non-hydrogen) atoms. The molecule has 0 bridgehead atoms. The predicted molar refractivity (Wildman–Crippen MR) is 130 cm³/mol. The minimum Gasteiger partial charge on any atom is -0.438 e. The molecule has 2 heterocycles. The minimum atomic E-state index is -5.09. The first-order valence-corrected chi connectivity index (χ1v) is 12.0. The van der Waals surface area contributed by atoms with Crippen molar-refractivity contribution in [3.8, 4) is 11.6 Å².